The van der Waals surface area contributed by atoms with Gasteiger partial charge in [-0.1, -0.05) is 6.92 Å². The van der Waals surface area contributed by atoms with E-state index in [4.69, 9.17) is 0 Å². The summed E-state index contributed by atoms with van der Waals surface area (Å²) in [5.41, 5.74) is 0. The number of hydrogen-bond acceptors (Lipinski definition) is 4. The quantitative estimate of drug-likeness (QED) is 0.901. The average molecular weight is 311 g/mol. The Hall–Kier alpha value is -0.690. The van der Waals surface area contributed by atoms with Crippen LogP contribution in [0.2, 0.25) is 0 Å². The Labute approximate surface area is 102 Å². The molecule has 0 bridgehead atoms. The standard InChI is InChI=1S/C9H12BrFN2O2S/c1-2-16(14,15)4-3-12-9-8(11)5-7(10)6-13-9/h5-6H,2-4H2,1H3,(H,12,13). The van der Waals surface area contributed by atoms with Gasteiger partial charge in [0, 0.05) is 23.0 Å². The smallest absolute Gasteiger partial charge is 0.166 e. The highest BCUT2D eigenvalue weighted by Crippen LogP contribution is 2.15. The van der Waals surface area contributed by atoms with Crippen molar-refractivity contribution in [3.05, 3.63) is 22.6 Å². The third-order valence-electron chi connectivity index (χ3n) is 1.95. The van der Waals surface area contributed by atoms with Crippen molar-refractivity contribution in [2.45, 2.75) is 6.92 Å². The maximum Gasteiger partial charge on any atom is 0.166 e. The summed E-state index contributed by atoms with van der Waals surface area (Å²) in [5, 5.41) is 2.64. The van der Waals surface area contributed by atoms with Crippen molar-refractivity contribution in [3.8, 4) is 0 Å². The summed E-state index contributed by atoms with van der Waals surface area (Å²) in [5.74, 6) is -0.385. The fraction of sp³-hybridized carbons (Fsp3) is 0.444. The number of nitrogens with zero attached hydrogens (tertiary/aromatic N) is 1. The van der Waals surface area contributed by atoms with Gasteiger partial charge in [0.1, 0.15) is 0 Å². The molecule has 0 saturated carbocycles. The van der Waals surface area contributed by atoms with E-state index in [2.05, 4.69) is 26.2 Å². The Balaban J connectivity index is 2.56. The molecule has 0 aliphatic carbocycles. The van der Waals surface area contributed by atoms with E-state index in [1.807, 2.05) is 0 Å². The predicted octanol–water partition coefficient (Wildman–Crippen LogP) is 1.83. The molecule has 90 valence electrons. The molecule has 0 aromatic carbocycles. The number of rotatable bonds is 5. The summed E-state index contributed by atoms with van der Waals surface area (Å²) >= 11 is 3.08. The molecule has 0 unspecified atom stereocenters. The molecular weight excluding hydrogens is 299 g/mol. The van der Waals surface area contributed by atoms with Gasteiger partial charge in [0.05, 0.1) is 5.75 Å². The minimum atomic E-state index is -3.03. The van der Waals surface area contributed by atoms with Crippen LogP contribution in [0.4, 0.5) is 10.2 Å². The fourth-order valence-electron chi connectivity index (χ4n) is 1.01. The van der Waals surface area contributed by atoms with Gasteiger partial charge < -0.3 is 5.32 Å². The van der Waals surface area contributed by atoms with Crippen molar-refractivity contribution in [2.24, 2.45) is 0 Å². The van der Waals surface area contributed by atoms with Crippen LogP contribution in [0.5, 0.6) is 0 Å². The van der Waals surface area contributed by atoms with Gasteiger partial charge >= 0.3 is 0 Å². The van der Waals surface area contributed by atoms with Crippen molar-refractivity contribution in [1.82, 2.24) is 4.98 Å². The topological polar surface area (TPSA) is 59.1 Å². The van der Waals surface area contributed by atoms with Crippen LogP contribution in [0.25, 0.3) is 0 Å². The SMILES string of the molecule is CCS(=O)(=O)CCNc1ncc(Br)cc1F. The van der Waals surface area contributed by atoms with Gasteiger partial charge in [0.25, 0.3) is 0 Å². The summed E-state index contributed by atoms with van der Waals surface area (Å²) in [6, 6.07) is 1.27. The Bertz CT molecular complexity index is 465. The predicted molar refractivity (Wildman–Crippen MR) is 64.7 cm³/mol. The highest BCUT2D eigenvalue weighted by atomic mass is 79.9. The molecule has 1 aromatic rings. The van der Waals surface area contributed by atoms with Crippen LogP contribution in [-0.2, 0) is 9.84 Å². The summed E-state index contributed by atoms with van der Waals surface area (Å²) in [7, 11) is -3.03. The molecule has 1 rings (SSSR count). The van der Waals surface area contributed by atoms with E-state index in [-0.39, 0.29) is 23.9 Å². The van der Waals surface area contributed by atoms with Crippen molar-refractivity contribution >= 4 is 31.6 Å². The van der Waals surface area contributed by atoms with Gasteiger partial charge in [-0.05, 0) is 22.0 Å². The lowest BCUT2D eigenvalue weighted by molar-refractivity contribution is 0.597. The third-order valence-corrected chi connectivity index (χ3v) is 4.09. The molecule has 0 amide bonds. The van der Waals surface area contributed by atoms with E-state index in [0.717, 1.165) is 0 Å². The number of pyridine rings is 1. The van der Waals surface area contributed by atoms with E-state index < -0.39 is 15.7 Å². The van der Waals surface area contributed by atoms with Gasteiger partial charge in [-0.3, -0.25) is 0 Å². The number of nitrogens with one attached hydrogen (secondary N) is 1. The van der Waals surface area contributed by atoms with Crippen LogP contribution in [0.15, 0.2) is 16.7 Å². The zero-order valence-corrected chi connectivity index (χ0v) is 11.1. The lowest BCUT2D eigenvalue weighted by Crippen LogP contribution is -2.18. The van der Waals surface area contributed by atoms with Crippen LogP contribution >= 0.6 is 15.9 Å². The first-order valence-electron chi connectivity index (χ1n) is 4.70. The number of hydrogen-bond donors (Lipinski definition) is 1. The van der Waals surface area contributed by atoms with Crippen molar-refractivity contribution in [3.63, 3.8) is 0 Å². The first kappa shape index (κ1) is 13.4. The highest BCUT2D eigenvalue weighted by Gasteiger charge is 2.08. The molecule has 1 heterocycles. The summed E-state index contributed by atoms with van der Waals surface area (Å²) in [4.78, 5) is 3.80. The number of aromatic nitrogens is 1. The molecule has 1 aromatic heterocycles. The number of halogens is 2. The van der Waals surface area contributed by atoms with Crippen LogP contribution < -0.4 is 5.32 Å². The third kappa shape index (κ3) is 4.05. The van der Waals surface area contributed by atoms with E-state index >= 15 is 0 Å². The van der Waals surface area contributed by atoms with Gasteiger partial charge in [0.2, 0.25) is 0 Å². The molecule has 1 N–H and O–H groups in total. The molecule has 4 nitrogen and oxygen atoms in total. The Morgan fingerprint density at radius 3 is 2.81 bits per heavy atom. The molecule has 0 spiro atoms. The van der Waals surface area contributed by atoms with Gasteiger partial charge in [-0.2, -0.15) is 0 Å². The fourth-order valence-corrected chi connectivity index (χ4v) is 2.02. The largest absolute Gasteiger partial charge is 0.367 e. The van der Waals surface area contributed by atoms with E-state index in [9.17, 15) is 12.8 Å². The minimum Gasteiger partial charge on any atom is -0.367 e. The average Bonchev–Trinajstić information content (AvgIpc) is 2.21. The van der Waals surface area contributed by atoms with Crippen molar-refractivity contribution in [1.29, 1.82) is 0 Å². The van der Waals surface area contributed by atoms with E-state index in [1.54, 1.807) is 6.92 Å². The molecule has 0 aliphatic heterocycles. The van der Waals surface area contributed by atoms with Gasteiger partial charge in [0.15, 0.2) is 21.5 Å². The molecule has 16 heavy (non-hydrogen) atoms. The minimum absolute atomic E-state index is 0.0271. The zero-order chi connectivity index (χ0) is 12.2. The molecular formula is C9H12BrFN2O2S. The number of anilines is 1. The highest BCUT2D eigenvalue weighted by molar-refractivity contribution is 9.10. The van der Waals surface area contributed by atoms with Gasteiger partial charge in [-0.25, -0.2) is 17.8 Å². The van der Waals surface area contributed by atoms with Crippen molar-refractivity contribution < 1.29 is 12.8 Å². The van der Waals surface area contributed by atoms with Crippen LogP contribution in [0.1, 0.15) is 6.92 Å². The second kappa shape index (κ2) is 5.58. The van der Waals surface area contributed by atoms with E-state index in [0.29, 0.717) is 4.47 Å². The first-order valence-corrected chi connectivity index (χ1v) is 7.31. The second-order valence-corrected chi connectivity index (χ2v) is 6.54. The monoisotopic (exact) mass is 310 g/mol. The maximum absolute atomic E-state index is 13.2. The van der Waals surface area contributed by atoms with Crippen LogP contribution in [0, 0.1) is 5.82 Å². The maximum atomic E-state index is 13.2. The second-order valence-electron chi connectivity index (χ2n) is 3.15. The molecule has 0 atom stereocenters. The lowest BCUT2D eigenvalue weighted by atomic mass is 10.4. The zero-order valence-electron chi connectivity index (χ0n) is 8.70. The first-order chi connectivity index (χ1) is 7.44. The van der Waals surface area contributed by atoms with Crippen LogP contribution in [-0.4, -0.2) is 31.5 Å². The lowest BCUT2D eigenvalue weighted by Gasteiger charge is -2.06. The summed E-state index contributed by atoms with van der Waals surface area (Å²) in [6.45, 7) is 1.73. The number of sulfone groups is 1. The summed E-state index contributed by atoms with van der Waals surface area (Å²) in [6.07, 6.45) is 1.44. The molecule has 7 heteroatoms. The molecule has 0 fully saturated rings. The Morgan fingerprint density at radius 2 is 2.25 bits per heavy atom. The Morgan fingerprint density at radius 1 is 1.56 bits per heavy atom. The van der Waals surface area contributed by atoms with E-state index in [1.165, 1.54) is 12.3 Å². The summed E-state index contributed by atoms with van der Waals surface area (Å²) < 4.78 is 36.1. The van der Waals surface area contributed by atoms with Gasteiger partial charge in [-0.15, -0.1) is 0 Å². The Kier molecular flexibility index (Phi) is 4.67. The van der Waals surface area contributed by atoms with Crippen LogP contribution in [0.3, 0.4) is 0 Å². The van der Waals surface area contributed by atoms with Crippen molar-refractivity contribution in [2.75, 3.05) is 23.4 Å². The molecule has 0 aliphatic rings. The molecule has 0 saturated heterocycles. The normalized spacial score (nSPS) is 11.4. The molecule has 0 radical (unpaired) electrons.